The predicted molar refractivity (Wildman–Crippen MR) is 82.1 cm³/mol. The van der Waals surface area contributed by atoms with Gasteiger partial charge in [0.2, 0.25) is 0 Å². The van der Waals surface area contributed by atoms with Crippen molar-refractivity contribution in [2.45, 2.75) is 84.5 Å². The van der Waals surface area contributed by atoms with E-state index in [0.717, 1.165) is 12.8 Å². The van der Waals surface area contributed by atoms with Gasteiger partial charge in [0.1, 0.15) is 11.6 Å². The van der Waals surface area contributed by atoms with Crippen molar-refractivity contribution in [3.05, 3.63) is 0 Å². The maximum absolute atomic E-state index is 11.2. The molecule has 0 N–H and O–H groups in total. The van der Waals surface area contributed by atoms with Gasteiger partial charge in [-0.2, -0.15) is 0 Å². The first-order valence-electron chi connectivity index (χ1n) is 7.18. The molecule has 3 heteroatoms. The zero-order valence-electron chi connectivity index (χ0n) is 11.6. The number of ketones is 2. The third kappa shape index (κ3) is 15.9. The summed E-state index contributed by atoms with van der Waals surface area (Å²) in [5.41, 5.74) is 0. The third-order valence-electron chi connectivity index (χ3n) is 3.01. The maximum atomic E-state index is 11.2. The smallest absolute Gasteiger partial charge is 0.187 e. The van der Waals surface area contributed by atoms with Crippen molar-refractivity contribution in [1.29, 1.82) is 0 Å². The second-order valence-electron chi connectivity index (χ2n) is 5.00. The quantitative estimate of drug-likeness (QED) is 0.310. The lowest BCUT2D eigenvalue weighted by Crippen LogP contribution is -2.03. The lowest BCUT2D eigenvalue weighted by molar-refractivity contribution is -0.125. The van der Waals surface area contributed by atoms with Gasteiger partial charge in [-0.15, -0.1) is 0 Å². The van der Waals surface area contributed by atoms with Gasteiger partial charge in [0.15, 0.2) is 17.4 Å². The van der Waals surface area contributed by atoms with E-state index in [4.69, 9.17) is 0 Å². The minimum atomic E-state index is -0.00840. The third-order valence-corrected chi connectivity index (χ3v) is 3.01. The van der Waals surface area contributed by atoms with Crippen LogP contribution in [-0.2, 0) is 9.59 Å². The van der Waals surface area contributed by atoms with Crippen molar-refractivity contribution in [2.75, 3.05) is 0 Å². The zero-order valence-corrected chi connectivity index (χ0v) is 11.6. The van der Waals surface area contributed by atoms with E-state index < -0.39 is 0 Å². The number of unbranched alkanes of at least 4 members (excludes halogenated alkanes) is 8. The monoisotopic (exact) mass is 270 g/mol. The fraction of sp³-hybridized carbons (Fsp3) is 0.867. The van der Waals surface area contributed by atoms with Gasteiger partial charge in [-0.1, -0.05) is 58.3 Å². The highest BCUT2D eigenvalue weighted by molar-refractivity contribution is 5.97. The molecule has 0 aliphatic carbocycles. The van der Waals surface area contributed by atoms with Crippen molar-refractivity contribution in [1.82, 2.24) is 0 Å². The summed E-state index contributed by atoms with van der Waals surface area (Å²) in [5.74, 6) is 0.103. The molecule has 0 aliphatic heterocycles. The maximum Gasteiger partial charge on any atom is 0.187 e. The Hall–Kier alpha value is -0.128. The molecule has 0 fully saturated rings. The number of rotatable bonds is 12. The molecular formula is C15H31AlO2. The van der Waals surface area contributed by atoms with Crippen LogP contribution in [0.25, 0.3) is 0 Å². The summed E-state index contributed by atoms with van der Waals surface area (Å²) < 4.78 is 0. The van der Waals surface area contributed by atoms with Crippen LogP contribution in [0.2, 0.25) is 0 Å². The van der Waals surface area contributed by atoms with E-state index in [0.29, 0.717) is 6.42 Å². The Morgan fingerprint density at radius 2 is 1.22 bits per heavy atom. The topological polar surface area (TPSA) is 34.1 Å². The molecule has 0 saturated heterocycles. The van der Waals surface area contributed by atoms with E-state index in [1.807, 2.05) is 0 Å². The molecule has 0 aromatic rings. The minimum Gasteiger partial charge on any atom is -0.300 e. The Morgan fingerprint density at radius 3 is 1.67 bits per heavy atom. The van der Waals surface area contributed by atoms with Gasteiger partial charge in [0, 0.05) is 6.42 Å². The first-order valence-corrected chi connectivity index (χ1v) is 7.18. The summed E-state index contributed by atoms with van der Waals surface area (Å²) in [7, 11) is 0. The summed E-state index contributed by atoms with van der Waals surface area (Å²) >= 11 is 0. The highest BCUT2D eigenvalue weighted by Gasteiger charge is 2.04. The van der Waals surface area contributed by atoms with Gasteiger partial charge in [-0.05, 0) is 13.3 Å². The molecule has 0 atom stereocenters. The number of Topliss-reactive ketones (excluding diaryl/α,β-unsaturated/α-hetero) is 2. The van der Waals surface area contributed by atoms with Gasteiger partial charge < -0.3 is 0 Å². The minimum absolute atomic E-state index is 0. The number of carbonyl (C=O) groups excluding carboxylic acids is 2. The molecule has 18 heavy (non-hydrogen) atoms. The highest BCUT2D eigenvalue weighted by atomic mass is 27.0. The number of carbonyl (C=O) groups is 2. The summed E-state index contributed by atoms with van der Waals surface area (Å²) in [5, 5.41) is 0. The summed E-state index contributed by atoms with van der Waals surface area (Å²) in [6, 6.07) is 0. The van der Waals surface area contributed by atoms with Gasteiger partial charge in [-0.3, -0.25) is 9.59 Å². The average molecular weight is 270 g/mol. The van der Waals surface area contributed by atoms with E-state index in [9.17, 15) is 9.59 Å². The Balaban J connectivity index is 0. The van der Waals surface area contributed by atoms with E-state index in [1.54, 1.807) is 0 Å². The Morgan fingerprint density at radius 1 is 0.778 bits per heavy atom. The largest absolute Gasteiger partial charge is 0.300 e. The Bertz CT molecular complexity index is 215. The number of hydrogen-bond acceptors (Lipinski definition) is 2. The lowest BCUT2D eigenvalue weighted by atomic mass is 10.0. The van der Waals surface area contributed by atoms with Crippen molar-refractivity contribution >= 4 is 28.9 Å². The van der Waals surface area contributed by atoms with Gasteiger partial charge in [0.25, 0.3) is 0 Å². The molecule has 106 valence electrons. The van der Waals surface area contributed by atoms with Crippen LogP contribution in [0.5, 0.6) is 0 Å². The predicted octanol–water partition coefficient (Wildman–Crippen LogP) is 3.27. The van der Waals surface area contributed by atoms with E-state index in [2.05, 4.69) is 6.92 Å². The average Bonchev–Trinajstić information content (AvgIpc) is 2.26. The first-order chi connectivity index (χ1) is 8.16. The van der Waals surface area contributed by atoms with E-state index in [1.165, 1.54) is 51.9 Å². The second-order valence-corrected chi connectivity index (χ2v) is 5.00. The molecule has 0 heterocycles. The molecule has 0 rings (SSSR count). The van der Waals surface area contributed by atoms with Crippen molar-refractivity contribution < 1.29 is 9.59 Å². The number of hydrogen-bond donors (Lipinski definition) is 0. The van der Waals surface area contributed by atoms with E-state index in [-0.39, 0.29) is 35.3 Å². The summed E-state index contributed by atoms with van der Waals surface area (Å²) in [6.45, 7) is 3.71. The highest BCUT2D eigenvalue weighted by Crippen LogP contribution is 2.10. The van der Waals surface area contributed by atoms with Crippen molar-refractivity contribution in [3.63, 3.8) is 0 Å². The molecule has 0 saturated carbocycles. The van der Waals surface area contributed by atoms with Crippen LogP contribution in [0.1, 0.15) is 84.5 Å². The van der Waals surface area contributed by atoms with Gasteiger partial charge >= 0.3 is 0 Å². The van der Waals surface area contributed by atoms with Crippen molar-refractivity contribution in [3.8, 4) is 0 Å². The van der Waals surface area contributed by atoms with Crippen LogP contribution in [-0.4, -0.2) is 28.9 Å². The van der Waals surface area contributed by atoms with Crippen LogP contribution < -0.4 is 0 Å². The fourth-order valence-corrected chi connectivity index (χ4v) is 2.00. The first kappa shape index (κ1) is 20.2. The molecule has 2 nitrogen and oxygen atoms in total. The van der Waals surface area contributed by atoms with Crippen LogP contribution in [0, 0.1) is 0 Å². The standard InChI is InChI=1S/C15H28O2.Al.3H/c1-3-4-5-6-7-8-9-10-11-12-15(17)13-14(2)16;;;;/h3-13H2,1-2H3;;;;. The SMILES string of the molecule is CCCCCCCCCCCC(=O)CC(C)=O.[AlH3]. The van der Waals surface area contributed by atoms with Crippen LogP contribution in [0.4, 0.5) is 0 Å². The molecule has 0 aromatic carbocycles. The Labute approximate surface area is 123 Å². The zero-order chi connectivity index (χ0) is 12.9. The van der Waals surface area contributed by atoms with Crippen LogP contribution in [0.15, 0.2) is 0 Å². The summed E-state index contributed by atoms with van der Waals surface area (Å²) in [6.07, 6.45) is 12.1. The molecule has 0 unspecified atom stereocenters. The van der Waals surface area contributed by atoms with Gasteiger partial charge in [0.05, 0.1) is 6.42 Å². The fourth-order valence-electron chi connectivity index (χ4n) is 2.00. The summed E-state index contributed by atoms with van der Waals surface area (Å²) in [4.78, 5) is 21.9. The lowest BCUT2D eigenvalue weighted by Gasteiger charge is -2.01. The second kappa shape index (κ2) is 14.9. The molecular weight excluding hydrogens is 239 g/mol. The van der Waals surface area contributed by atoms with E-state index >= 15 is 0 Å². The molecule has 0 aliphatic rings. The van der Waals surface area contributed by atoms with Gasteiger partial charge in [-0.25, -0.2) is 0 Å². The molecule has 0 aromatic heterocycles. The van der Waals surface area contributed by atoms with Crippen molar-refractivity contribution in [2.24, 2.45) is 0 Å². The van der Waals surface area contributed by atoms with Crippen LogP contribution >= 0.6 is 0 Å². The molecule has 0 radical (unpaired) electrons. The Kier molecular flexibility index (Phi) is 16.8. The molecule has 0 amide bonds. The molecule has 0 bridgehead atoms. The molecule has 0 spiro atoms. The normalized spacial score (nSPS) is 9.89. The van der Waals surface area contributed by atoms with Crippen LogP contribution in [0.3, 0.4) is 0 Å².